The number of hydrogen-bond donors (Lipinski definition) is 0. The molecule has 2 amide bonds. The first-order valence-electron chi connectivity index (χ1n) is 11.9. The number of rotatable bonds is 5. The van der Waals surface area contributed by atoms with Crippen molar-refractivity contribution in [3.8, 4) is 0 Å². The molecule has 4 nitrogen and oxygen atoms in total. The Balaban J connectivity index is 1.43. The molecule has 1 aliphatic heterocycles. The van der Waals surface area contributed by atoms with Gasteiger partial charge in [-0.2, -0.15) is 0 Å². The van der Waals surface area contributed by atoms with E-state index >= 15 is 0 Å². The number of thiophene rings is 1. The summed E-state index contributed by atoms with van der Waals surface area (Å²) in [6.07, 6.45) is 10.0. The van der Waals surface area contributed by atoms with E-state index < -0.39 is 0 Å². The fourth-order valence-corrected chi connectivity index (χ4v) is 6.14. The van der Waals surface area contributed by atoms with Gasteiger partial charge in [0.15, 0.2) is 0 Å². The molecule has 0 unspecified atom stereocenters. The van der Waals surface area contributed by atoms with Crippen molar-refractivity contribution in [1.29, 1.82) is 0 Å². The van der Waals surface area contributed by atoms with Crippen LogP contribution in [0.2, 0.25) is 0 Å². The first-order valence-corrected chi connectivity index (χ1v) is 12.8. The summed E-state index contributed by atoms with van der Waals surface area (Å²) in [5, 5.41) is 0. The smallest absolute Gasteiger partial charge is 0.264 e. The third kappa shape index (κ3) is 5.20. The molecule has 0 bridgehead atoms. The lowest BCUT2D eigenvalue weighted by Gasteiger charge is -2.38. The van der Waals surface area contributed by atoms with Crippen LogP contribution >= 0.6 is 11.3 Å². The van der Waals surface area contributed by atoms with E-state index in [0.717, 1.165) is 49.1 Å². The van der Waals surface area contributed by atoms with E-state index in [2.05, 4.69) is 17.9 Å². The number of nitrogens with zero attached hydrogens (tertiary/aromatic N) is 2. The summed E-state index contributed by atoms with van der Waals surface area (Å²) >= 11 is 1.73. The Morgan fingerprint density at radius 2 is 1.74 bits per heavy atom. The molecule has 4 rings (SSSR count). The molecular formula is C26H34N2O2S. The maximum Gasteiger partial charge on any atom is 0.264 e. The minimum atomic E-state index is 0.102. The second-order valence-corrected chi connectivity index (χ2v) is 10.00. The highest BCUT2D eigenvalue weighted by Gasteiger charge is 2.31. The van der Waals surface area contributed by atoms with Crippen LogP contribution in [0, 0.1) is 0 Å². The van der Waals surface area contributed by atoms with Gasteiger partial charge in [0, 0.05) is 36.1 Å². The van der Waals surface area contributed by atoms with E-state index in [1.54, 1.807) is 11.3 Å². The molecule has 0 N–H and O–H groups in total. The molecule has 0 atom stereocenters. The Kier molecular flexibility index (Phi) is 7.44. The Morgan fingerprint density at radius 1 is 1.03 bits per heavy atom. The van der Waals surface area contributed by atoms with Crippen LogP contribution in [0.4, 0.5) is 0 Å². The molecule has 0 spiro atoms. The lowest BCUT2D eigenvalue weighted by molar-refractivity contribution is 0.0522. The summed E-state index contributed by atoms with van der Waals surface area (Å²) in [4.78, 5) is 32.7. The third-order valence-corrected chi connectivity index (χ3v) is 7.87. The minimum Gasteiger partial charge on any atom is -0.338 e. The van der Waals surface area contributed by atoms with Crippen molar-refractivity contribution in [2.75, 3.05) is 19.6 Å². The van der Waals surface area contributed by atoms with Gasteiger partial charge in [-0.1, -0.05) is 38.0 Å². The Labute approximate surface area is 190 Å². The van der Waals surface area contributed by atoms with Gasteiger partial charge in [-0.05, 0) is 68.7 Å². The number of amides is 2. The Bertz CT molecular complexity index is 859. The van der Waals surface area contributed by atoms with Crippen molar-refractivity contribution in [3.63, 3.8) is 0 Å². The second-order valence-electron chi connectivity index (χ2n) is 8.86. The standard InChI is InChI=1S/C26H34N2O2S/c1-2-16-28(26(30)24-19-21-12-6-3-4-9-13-23(21)31-24)22-14-17-27(18-15-22)25(29)20-10-7-5-8-11-20/h5,7-8,10-11,19,22H,2-4,6,9,12-18H2,1H3. The van der Waals surface area contributed by atoms with Crippen LogP contribution in [0.5, 0.6) is 0 Å². The molecule has 1 aromatic carbocycles. The van der Waals surface area contributed by atoms with Crippen LogP contribution < -0.4 is 0 Å². The molecule has 1 aliphatic carbocycles. The molecule has 5 heteroatoms. The second kappa shape index (κ2) is 10.4. The van der Waals surface area contributed by atoms with Crippen LogP contribution in [0.25, 0.3) is 0 Å². The number of carbonyl (C=O) groups excluding carboxylic acids is 2. The van der Waals surface area contributed by atoms with Crippen molar-refractivity contribution in [1.82, 2.24) is 9.80 Å². The first-order chi connectivity index (χ1) is 15.2. The number of aryl methyl sites for hydroxylation is 2. The number of likely N-dealkylation sites (tertiary alicyclic amines) is 1. The van der Waals surface area contributed by atoms with Crippen LogP contribution in [-0.2, 0) is 12.8 Å². The highest BCUT2D eigenvalue weighted by atomic mass is 32.1. The van der Waals surface area contributed by atoms with E-state index in [1.807, 2.05) is 35.2 Å². The molecule has 1 fully saturated rings. The van der Waals surface area contributed by atoms with Gasteiger partial charge in [0.1, 0.15) is 0 Å². The van der Waals surface area contributed by atoms with Gasteiger partial charge in [-0.3, -0.25) is 9.59 Å². The quantitative estimate of drug-likeness (QED) is 0.613. The zero-order valence-corrected chi connectivity index (χ0v) is 19.5. The van der Waals surface area contributed by atoms with Gasteiger partial charge in [-0.25, -0.2) is 0 Å². The van der Waals surface area contributed by atoms with Gasteiger partial charge in [-0.15, -0.1) is 11.3 Å². The zero-order valence-electron chi connectivity index (χ0n) is 18.6. The predicted molar refractivity (Wildman–Crippen MR) is 127 cm³/mol. The molecule has 31 heavy (non-hydrogen) atoms. The lowest BCUT2D eigenvalue weighted by Crippen LogP contribution is -2.49. The van der Waals surface area contributed by atoms with Crippen LogP contribution in [-0.4, -0.2) is 47.3 Å². The molecule has 2 aliphatic rings. The maximum absolute atomic E-state index is 13.5. The number of fused-ring (bicyclic) bond motifs is 1. The van der Waals surface area contributed by atoms with Gasteiger partial charge in [0.05, 0.1) is 4.88 Å². The average Bonchev–Trinajstić information content (AvgIpc) is 3.19. The van der Waals surface area contributed by atoms with Gasteiger partial charge in [0.25, 0.3) is 11.8 Å². The number of piperidine rings is 1. The molecule has 0 saturated carbocycles. The van der Waals surface area contributed by atoms with Crippen molar-refractivity contribution in [2.45, 2.75) is 70.8 Å². The number of carbonyl (C=O) groups is 2. The molecule has 2 heterocycles. The number of hydrogen-bond acceptors (Lipinski definition) is 3. The SMILES string of the molecule is CCCN(C(=O)c1cc2c(s1)CCCCCC2)C1CCN(C(=O)c2ccccc2)CC1. The van der Waals surface area contributed by atoms with Crippen LogP contribution in [0.1, 0.15) is 82.3 Å². The largest absolute Gasteiger partial charge is 0.338 e. The molecule has 1 aromatic heterocycles. The third-order valence-electron chi connectivity index (χ3n) is 6.65. The summed E-state index contributed by atoms with van der Waals surface area (Å²) in [7, 11) is 0. The van der Waals surface area contributed by atoms with E-state index in [0.29, 0.717) is 13.1 Å². The summed E-state index contributed by atoms with van der Waals surface area (Å²) in [5.74, 6) is 0.303. The molecule has 2 aromatic rings. The fourth-order valence-electron chi connectivity index (χ4n) is 4.93. The predicted octanol–water partition coefficient (Wildman–Crippen LogP) is 5.56. The lowest BCUT2D eigenvalue weighted by atomic mass is 9.99. The first kappa shape index (κ1) is 22.1. The van der Waals surface area contributed by atoms with E-state index in [-0.39, 0.29) is 17.9 Å². The van der Waals surface area contributed by atoms with Crippen molar-refractivity contribution >= 4 is 23.2 Å². The van der Waals surface area contributed by atoms with Crippen molar-refractivity contribution < 1.29 is 9.59 Å². The van der Waals surface area contributed by atoms with E-state index in [4.69, 9.17) is 0 Å². The van der Waals surface area contributed by atoms with Crippen LogP contribution in [0.3, 0.4) is 0 Å². The summed E-state index contributed by atoms with van der Waals surface area (Å²) in [6, 6.07) is 11.9. The molecule has 1 saturated heterocycles. The normalized spacial score (nSPS) is 17.5. The highest BCUT2D eigenvalue weighted by molar-refractivity contribution is 7.14. The maximum atomic E-state index is 13.5. The van der Waals surface area contributed by atoms with Gasteiger partial charge < -0.3 is 9.80 Å². The summed E-state index contributed by atoms with van der Waals surface area (Å²) in [5.41, 5.74) is 2.16. The van der Waals surface area contributed by atoms with E-state index in [9.17, 15) is 9.59 Å². The average molecular weight is 439 g/mol. The topological polar surface area (TPSA) is 40.6 Å². The summed E-state index contributed by atoms with van der Waals surface area (Å²) < 4.78 is 0. The summed E-state index contributed by atoms with van der Waals surface area (Å²) in [6.45, 7) is 4.36. The Hall–Kier alpha value is -2.14. The van der Waals surface area contributed by atoms with Gasteiger partial charge >= 0.3 is 0 Å². The Morgan fingerprint density at radius 3 is 2.45 bits per heavy atom. The van der Waals surface area contributed by atoms with Gasteiger partial charge in [0.2, 0.25) is 0 Å². The van der Waals surface area contributed by atoms with Crippen LogP contribution in [0.15, 0.2) is 36.4 Å². The number of benzene rings is 1. The highest BCUT2D eigenvalue weighted by Crippen LogP contribution is 2.30. The van der Waals surface area contributed by atoms with Crippen molar-refractivity contribution in [3.05, 3.63) is 57.3 Å². The molecule has 0 radical (unpaired) electrons. The monoisotopic (exact) mass is 438 g/mol. The molecular weight excluding hydrogens is 404 g/mol. The fraction of sp³-hybridized carbons (Fsp3) is 0.538. The minimum absolute atomic E-state index is 0.102. The zero-order chi connectivity index (χ0) is 21.6. The molecule has 166 valence electrons. The van der Waals surface area contributed by atoms with E-state index in [1.165, 1.54) is 36.1 Å². The van der Waals surface area contributed by atoms with Crippen molar-refractivity contribution in [2.24, 2.45) is 0 Å².